The number of esters is 1. The zero-order chi connectivity index (χ0) is 15.0. The molecule has 2 fully saturated rings. The van der Waals surface area contributed by atoms with Crippen molar-refractivity contribution in [3.8, 4) is 0 Å². The number of carbonyl (C=O) groups is 1. The molecule has 3 rings (SSSR count). The maximum atomic E-state index is 11.8. The number of rotatable bonds is 5. The number of nitro groups is 1. The summed E-state index contributed by atoms with van der Waals surface area (Å²) in [5, 5.41) is 10.5. The van der Waals surface area contributed by atoms with E-state index in [1.807, 2.05) is 0 Å². The Morgan fingerprint density at radius 2 is 2.00 bits per heavy atom. The lowest BCUT2D eigenvalue weighted by atomic mass is 10.2. The maximum absolute atomic E-state index is 11.8. The number of ether oxygens (including phenoxy) is 4. The van der Waals surface area contributed by atoms with Crippen LogP contribution in [0.5, 0.6) is 0 Å². The normalized spacial score (nSPS) is 29.8. The Bertz CT molecular complexity index is 558. The number of fused-ring (bicyclic) bond motifs is 1. The summed E-state index contributed by atoms with van der Waals surface area (Å²) in [5.74, 6) is -0.563. The van der Waals surface area contributed by atoms with Crippen LogP contribution in [0.1, 0.15) is 10.4 Å². The second kappa shape index (κ2) is 5.40. The molecule has 2 heterocycles. The van der Waals surface area contributed by atoms with Crippen molar-refractivity contribution in [2.75, 3.05) is 13.7 Å². The minimum absolute atomic E-state index is 0.0524. The van der Waals surface area contributed by atoms with Crippen molar-refractivity contribution in [3.05, 3.63) is 39.9 Å². The molecule has 0 saturated carbocycles. The summed E-state index contributed by atoms with van der Waals surface area (Å²) >= 11 is 0. The monoisotopic (exact) mass is 295 g/mol. The second-order valence-corrected chi connectivity index (χ2v) is 4.75. The molecule has 0 spiro atoms. The minimum atomic E-state index is -0.563. The Balaban J connectivity index is 1.54. The molecule has 0 radical (unpaired) electrons. The van der Waals surface area contributed by atoms with Crippen LogP contribution in [0.3, 0.4) is 0 Å². The van der Waals surface area contributed by atoms with Gasteiger partial charge in [-0.05, 0) is 12.1 Å². The number of nitrogens with zero attached hydrogens (tertiary/aromatic N) is 1. The Hall–Kier alpha value is -2.03. The summed E-state index contributed by atoms with van der Waals surface area (Å²) in [6.07, 6.45) is -0.947. The molecule has 2 aliphatic rings. The highest BCUT2D eigenvalue weighted by Gasteiger charge is 2.58. The van der Waals surface area contributed by atoms with Crippen molar-refractivity contribution in [3.63, 3.8) is 0 Å². The number of hydrogen-bond acceptors (Lipinski definition) is 7. The van der Waals surface area contributed by atoms with Crippen LogP contribution in [-0.4, -0.2) is 49.2 Å². The number of epoxide rings is 1. The van der Waals surface area contributed by atoms with E-state index < -0.39 is 17.2 Å². The first-order valence-electron chi connectivity index (χ1n) is 6.35. The first kappa shape index (κ1) is 13.9. The van der Waals surface area contributed by atoms with E-state index in [2.05, 4.69) is 0 Å². The summed E-state index contributed by atoms with van der Waals surface area (Å²) in [7, 11) is 1.52. The van der Waals surface area contributed by atoms with Gasteiger partial charge in [-0.15, -0.1) is 0 Å². The van der Waals surface area contributed by atoms with Gasteiger partial charge in [-0.3, -0.25) is 10.1 Å². The fraction of sp³-hybridized carbons (Fsp3) is 0.462. The van der Waals surface area contributed by atoms with E-state index in [-0.39, 0.29) is 36.2 Å². The standard InChI is InChI=1S/C13H13NO7/c1-18-13-11-10(21-11)9(20-13)6-19-12(15)7-2-4-8(5-3-7)14(16)17/h2-5,9-11,13H,6H2,1H3/t9-,10-,11-,13+/m1/s1. The fourth-order valence-electron chi connectivity index (χ4n) is 2.27. The molecular formula is C13H13NO7. The number of nitro benzene ring substituents is 1. The Labute approximate surface area is 119 Å². The second-order valence-electron chi connectivity index (χ2n) is 4.75. The van der Waals surface area contributed by atoms with Crippen molar-refractivity contribution in [1.82, 2.24) is 0 Å². The lowest BCUT2D eigenvalue weighted by molar-refractivity contribution is -0.384. The van der Waals surface area contributed by atoms with Crippen molar-refractivity contribution in [2.45, 2.75) is 24.6 Å². The van der Waals surface area contributed by atoms with Gasteiger partial charge in [-0.25, -0.2) is 4.79 Å². The van der Waals surface area contributed by atoms with Gasteiger partial charge in [0.2, 0.25) is 0 Å². The number of methoxy groups -OCH3 is 1. The summed E-state index contributed by atoms with van der Waals surface area (Å²) in [6, 6.07) is 5.21. The van der Waals surface area contributed by atoms with E-state index in [0.717, 1.165) is 0 Å². The van der Waals surface area contributed by atoms with Gasteiger partial charge in [0.1, 0.15) is 24.9 Å². The summed E-state index contributed by atoms with van der Waals surface area (Å²) < 4.78 is 21.0. The molecule has 1 aromatic rings. The zero-order valence-electron chi connectivity index (χ0n) is 11.1. The number of non-ortho nitro benzene ring substituents is 1. The molecule has 2 aliphatic heterocycles. The van der Waals surface area contributed by atoms with Crippen molar-refractivity contribution in [1.29, 1.82) is 0 Å². The maximum Gasteiger partial charge on any atom is 0.338 e. The van der Waals surface area contributed by atoms with Gasteiger partial charge in [-0.1, -0.05) is 0 Å². The first-order valence-corrected chi connectivity index (χ1v) is 6.35. The molecule has 4 atom stereocenters. The zero-order valence-corrected chi connectivity index (χ0v) is 11.1. The van der Waals surface area contributed by atoms with Gasteiger partial charge in [0.05, 0.1) is 10.5 Å². The van der Waals surface area contributed by atoms with Crippen LogP contribution in [0, 0.1) is 10.1 Å². The lowest BCUT2D eigenvalue weighted by Crippen LogP contribution is -2.26. The van der Waals surface area contributed by atoms with Crippen molar-refractivity contribution >= 4 is 11.7 Å². The number of hydrogen-bond donors (Lipinski definition) is 0. The molecule has 2 saturated heterocycles. The summed E-state index contributed by atoms with van der Waals surface area (Å²) in [6.45, 7) is 0.0524. The van der Waals surface area contributed by atoms with Crippen molar-refractivity contribution in [2.24, 2.45) is 0 Å². The van der Waals surface area contributed by atoms with Crippen LogP contribution in [0.25, 0.3) is 0 Å². The first-order chi connectivity index (χ1) is 10.1. The Morgan fingerprint density at radius 3 is 2.57 bits per heavy atom. The van der Waals surface area contributed by atoms with Crippen LogP contribution in [-0.2, 0) is 18.9 Å². The molecule has 1 aromatic carbocycles. The lowest BCUT2D eigenvalue weighted by Gasteiger charge is -2.16. The van der Waals surface area contributed by atoms with E-state index in [1.165, 1.54) is 31.4 Å². The largest absolute Gasteiger partial charge is 0.459 e. The average Bonchev–Trinajstić information content (AvgIpc) is 3.21. The third-order valence-corrected chi connectivity index (χ3v) is 3.43. The van der Waals surface area contributed by atoms with E-state index in [9.17, 15) is 14.9 Å². The highest BCUT2D eigenvalue weighted by Crippen LogP contribution is 2.39. The van der Waals surface area contributed by atoms with E-state index in [1.54, 1.807) is 0 Å². The van der Waals surface area contributed by atoms with Gasteiger partial charge in [0.15, 0.2) is 6.29 Å². The molecule has 8 heteroatoms. The Kier molecular flexibility index (Phi) is 3.58. The third-order valence-electron chi connectivity index (χ3n) is 3.43. The highest BCUT2D eigenvalue weighted by atomic mass is 16.8. The summed E-state index contributed by atoms with van der Waals surface area (Å²) in [5.41, 5.74) is 0.165. The smallest absolute Gasteiger partial charge is 0.338 e. The quantitative estimate of drug-likeness (QED) is 0.344. The summed E-state index contributed by atoms with van der Waals surface area (Å²) in [4.78, 5) is 21.8. The van der Waals surface area contributed by atoms with Gasteiger partial charge in [-0.2, -0.15) is 0 Å². The van der Waals surface area contributed by atoms with Crippen LogP contribution in [0.15, 0.2) is 24.3 Å². The molecule has 0 aliphatic carbocycles. The van der Waals surface area contributed by atoms with Gasteiger partial charge >= 0.3 is 5.97 Å². The van der Waals surface area contributed by atoms with Crippen LogP contribution in [0.4, 0.5) is 5.69 Å². The van der Waals surface area contributed by atoms with E-state index in [4.69, 9.17) is 18.9 Å². The molecule has 0 N–H and O–H groups in total. The van der Waals surface area contributed by atoms with Crippen LogP contribution >= 0.6 is 0 Å². The topological polar surface area (TPSA) is 100 Å². The minimum Gasteiger partial charge on any atom is -0.459 e. The average molecular weight is 295 g/mol. The molecule has 0 unspecified atom stereocenters. The molecule has 0 bridgehead atoms. The van der Waals surface area contributed by atoms with Gasteiger partial charge in [0, 0.05) is 19.2 Å². The highest BCUT2D eigenvalue weighted by molar-refractivity contribution is 5.89. The predicted octanol–water partition coefficient (Wildman–Crippen LogP) is 0.890. The van der Waals surface area contributed by atoms with Crippen LogP contribution in [0.2, 0.25) is 0 Å². The molecule has 0 aromatic heterocycles. The molecule has 8 nitrogen and oxygen atoms in total. The van der Waals surface area contributed by atoms with Crippen LogP contribution < -0.4 is 0 Å². The number of benzene rings is 1. The molecule has 21 heavy (non-hydrogen) atoms. The predicted molar refractivity (Wildman–Crippen MR) is 67.7 cm³/mol. The third kappa shape index (κ3) is 2.73. The van der Waals surface area contributed by atoms with E-state index >= 15 is 0 Å². The SMILES string of the molecule is CO[C@H]1O[C@H](COC(=O)c2ccc([N+](=O)[O-])cc2)[C@H]2O[C@@H]12. The Morgan fingerprint density at radius 1 is 1.29 bits per heavy atom. The number of carbonyl (C=O) groups excluding carboxylic acids is 1. The molecule has 0 amide bonds. The molecule has 112 valence electrons. The van der Waals surface area contributed by atoms with E-state index in [0.29, 0.717) is 0 Å². The fourth-order valence-corrected chi connectivity index (χ4v) is 2.27. The van der Waals surface area contributed by atoms with Crippen molar-refractivity contribution < 1.29 is 28.7 Å². The van der Waals surface area contributed by atoms with Gasteiger partial charge in [0.25, 0.3) is 5.69 Å². The molecular weight excluding hydrogens is 282 g/mol. The van der Waals surface area contributed by atoms with Gasteiger partial charge < -0.3 is 18.9 Å².